The van der Waals surface area contributed by atoms with Gasteiger partial charge >= 0.3 is 11.9 Å². The van der Waals surface area contributed by atoms with Gasteiger partial charge in [0.15, 0.2) is 5.71 Å². The molecule has 2 aliphatic heterocycles. The topological polar surface area (TPSA) is 393 Å². The molecule has 0 saturated carbocycles. The molecule has 434 valence electrons. The number of anilines is 1. The molecule has 3 amide bonds. The first-order valence-corrected chi connectivity index (χ1v) is 30.7. The van der Waals surface area contributed by atoms with E-state index in [-0.39, 0.29) is 59.8 Å². The van der Waals surface area contributed by atoms with Crippen molar-refractivity contribution in [1.82, 2.24) is 31.1 Å². The monoisotopic (exact) mass is 1200 g/mol. The van der Waals surface area contributed by atoms with Crippen molar-refractivity contribution in [3.63, 3.8) is 0 Å². The Bertz CT molecular complexity index is 3650. The lowest BCUT2D eigenvalue weighted by molar-refractivity contribution is -0.437. The van der Waals surface area contributed by atoms with Crippen molar-refractivity contribution in [3.8, 4) is 0 Å². The number of nitrogens with one attached hydrogen (secondary N) is 3. The van der Waals surface area contributed by atoms with Crippen LogP contribution in [-0.4, -0.2) is 149 Å². The van der Waals surface area contributed by atoms with Gasteiger partial charge < -0.3 is 31.1 Å². The standard InChI is InChI=1S/C52H61N9O16S4/c1-7-8-22-60-40-16-11-32(46(64)56-30(2)48(66)67)25-36(40)51(3,4)42(60)18-13-31(38-15-10-34(28-55-38)45(63)54-21-20-35(62)27-44-58-59-50(78-44)81(53,76)77)14-19-43-52(5,6)37-26-33(47(65)57-39(49(68)69)29-80(73,74)75)12-17-41(37)61(43)23-9-24-79(70,71)72/h10-19,25-26,28,30,39H,7-9,20-24,27,29H2,1-6H3,(H8-,53,54,56,57,63,64,65,66,67,68,69,70,71,72,73,74,75,76,77)/p+1. The molecule has 2 atom stereocenters. The number of Topliss-reactive ketones (excluding diaryl/α,β-unsaturated/α-hetero) is 1. The number of hydrogen-bond acceptors (Lipinski definition) is 17. The fourth-order valence-electron chi connectivity index (χ4n) is 9.17. The Kier molecular flexibility index (Phi) is 19.5. The number of carbonyl (C=O) groups is 6. The van der Waals surface area contributed by atoms with Gasteiger partial charge in [0.25, 0.3) is 48.0 Å². The summed E-state index contributed by atoms with van der Waals surface area (Å²) in [5, 5.41) is 38.8. The lowest BCUT2D eigenvalue weighted by Gasteiger charge is -2.27. The van der Waals surface area contributed by atoms with E-state index in [4.69, 9.17) is 5.14 Å². The van der Waals surface area contributed by atoms with Crippen molar-refractivity contribution < 1.29 is 77.9 Å². The Morgan fingerprint density at radius 3 is 2.06 bits per heavy atom. The number of primary sulfonamides is 1. The number of hydrogen-bond donors (Lipinski definition) is 8. The van der Waals surface area contributed by atoms with Gasteiger partial charge in [-0.05, 0) is 87.4 Å². The van der Waals surface area contributed by atoms with E-state index < -0.39 is 98.7 Å². The minimum absolute atomic E-state index is 0.0311. The molecule has 0 saturated heterocycles. The molecule has 4 aromatic rings. The van der Waals surface area contributed by atoms with Crippen LogP contribution >= 0.6 is 11.3 Å². The van der Waals surface area contributed by atoms with Crippen LogP contribution in [0.15, 0.2) is 89.1 Å². The number of ketones is 1. The first-order valence-electron chi connectivity index (χ1n) is 25.1. The molecule has 0 fully saturated rings. The summed E-state index contributed by atoms with van der Waals surface area (Å²) in [5.41, 5.74) is 3.42. The lowest BCUT2D eigenvalue weighted by atomic mass is 9.80. The van der Waals surface area contributed by atoms with E-state index in [9.17, 15) is 73.3 Å². The summed E-state index contributed by atoms with van der Waals surface area (Å²) in [6, 6.07) is 9.55. The fourth-order valence-corrected chi connectivity index (χ4v) is 11.8. The summed E-state index contributed by atoms with van der Waals surface area (Å²) in [6.07, 6.45) is 9.75. The van der Waals surface area contributed by atoms with Crippen LogP contribution in [0.25, 0.3) is 5.57 Å². The predicted molar refractivity (Wildman–Crippen MR) is 298 cm³/mol. The zero-order valence-electron chi connectivity index (χ0n) is 44.9. The van der Waals surface area contributed by atoms with E-state index in [1.54, 1.807) is 41.0 Å². The van der Waals surface area contributed by atoms with Gasteiger partial charge in [0.2, 0.25) is 10.0 Å². The molecule has 0 radical (unpaired) electrons. The van der Waals surface area contributed by atoms with Crippen LogP contribution in [0.2, 0.25) is 0 Å². The van der Waals surface area contributed by atoms with Crippen LogP contribution in [-0.2, 0) is 61.9 Å². The third kappa shape index (κ3) is 15.7. The smallest absolute Gasteiger partial charge is 0.327 e. The minimum atomic E-state index is -4.82. The highest BCUT2D eigenvalue weighted by molar-refractivity contribution is 7.91. The van der Waals surface area contributed by atoms with Crippen LogP contribution in [0.1, 0.15) is 120 Å². The van der Waals surface area contributed by atoms with Gasteiger partial charge in [-0.2, -0.15) is 21.4 Å². The van der Waals surface area contributed by atoms with Gasteiger partial charge in [0.05, 0.1) is 28.8 Å². The highest BCUT2D eigenvalue weighted by Crippen LogP contribution is 2.48. The summed E-state index contributed by atoms with van der Waals surface area (Å²) >= 11 is 0.662. The molecule has 2 aromatic heterocycles. The maximum absolute atomic E-state index is 13.5. The normalized spacial score (nSPS) is 16.2. The van der Waals surface area contributed by atoms with Crippen LogP contribution < -0.4 is 26.0 Å². The van der Waals surface area contributed by atoms with Crippen molar-refractivity contribution >= 4 is 99.7 Å². The first-order chi connectivity index (χ1) is 37.7. The molecule has 2 aromatic carbocycles. The zero-order chi connectivity index (χ0) is 60.0. The molecule has 25 nitrogen and oxygen atoms in total. The number of carboxylic acid groups (broad SMARTS) is 2. The van der Waals surface area contributed by atoms with Crippen LogP contribution in [0, 0.1) is 0 Å². The number of aromatic nitrogens is 3. The second-order valence-corrected chi connectivity index (χ2v) is 26.1. The molecule has 81 heavy (non-hydrogen) atoms. The molecule has 2 unspecified atom stereocenters. The van der Waals surface area contributed by atoms with Crippen molar-refractivity contribution in [1.29, 1.82) is 0 Å². The molecular formula is C52H62N9O16S4+. The van der Waals surface area contributed by atoms with Gasteiger partial charge in [0.1, 0.15) is 35.2 Å². The SMILES string of the molecule is CCCCN1C(=CC=C(C=CC2=[N+](CCCS(=O)(=O)O)c3ccc(C(=O)NC(CS(=O)(=O)O)C(=O)O)cc3C2(C)C)c2ccc(C(=O)NCCC(=O)Cc3nnc(S(N)(=O)=O)s3)cn2)C(C)(C)c2cc(C(=O)NC(C)C(=O)O)ccc21. The zero-order valence-corrected chi connectivity index (χ0v) is 48.1. The van der Waals surface area contributed by atoms with Crippen LogP contribution in [0.4, 0.5) is 11.4 Å². The van der Waals surface area contributed by atoms with Crippen LogP contribution in [0.5, 0.6) is 0 Å². The second kappa shape index (κ2) is 25.2. The number of aliphatic carboxylic acids is 2. The molecular weight excluding hydrogens is 1130 g/mol. The number of unbranched alkanes of at least 4 members (excludes halogenated alkanes) is 1. The van der Waals surface area contributed by atoms with Gasteiger partial charge in [0, 0.05) is 83.3 Å². The van der Waals surface area contributed by atoms with Crippen molar-refractivity contribution in [2.24, 2.45) is 5.14 Å². The number of benzene rings is 2. The third-order valence-corrected chi connectivity index (χ3v) is 17.2. The lowest BCUT2D eigenvalue weighted by Crippen LogP contribution is -2.45. The Labute approximate surface area is 471 Å². The van der Waals surface area contributed by atoms with E-state index in [0.29, 0.717) is 46.1 Å². The molecule has 29 heteroatoms. The van der Waals surface area contributed by atoms with E-state index in [1.165, 1.54) is 31.3 Å². The van der Waals surface area contributed by atoms with E-state index in [2.05, 4.69) is 36.0 Å². The van der Waals surface area contributed by atoms with Gasteiger partial charge in [-0.15, -0.1) is 10.2 Å². The Hall–Kier alpha value is -7.41. The maximum Gasteiger partial charge on any atom is 0.327 e. The van der Waals surface area contributed by atoms with Crippen molar-refractivity contribution in [2.45, 2.75) is 101 Å². The Balaban J connectivity index is 1.41. The number of allylic oxidation sites excluding steroid dienone is 6. The number of carbonyl (C=O) groups excluding carboxylic acids is 4. The van der Waals surface area contributed by atoms with E-state index in [1.807, 2.05) is 52.8 Å². The van der Waals surface area contributed by atoms with Crippen molar-refractivity contribution in [3.05, 3.63) is 123 Å². The number of rotatable bonds is 26. The van der Waals surface area contributed by atoms with E-state index >= 15 is 0 Å². The number of nitrogens with zero attached hydrogens (tertiary/aromatic N) is 5. The molecule has 0 aliphatic carbocycles. The Morgan fingerprint density at radius 1 is 0.815 bits per heavy atom. The molecule has 6 rings (SSSR count). The highest BCUT2D eigenvalue weighted by atomic mass is 32.2. The molecule has 0 bridgehead atoms. The maximum atomic E-state index is 13.5. The van der Waals surface area contributed by atoms with Crippen LogP contribution in [0.3, 0.4) is 0 Å². The second-order valence-electron chi connectivity index (χ2n) is 20.2. The van der Waals surface area contributed by atoms with Gasteiger partial charge in [-0.3, -0.25) is 38.1 Å². The number of pyridine rings is 1. The molecule has 9 N–H and O–H groups in total. The molecule has 0 spiro atoms. The first kappa shape index (κ1) is 62.8. The number of fused-ring (bicyclic) bond motifs is 2. The minimum Gasteiger partial charge on any atom is -0.480 e. The largest absolute Gasteiger partial charge is 0.480 e. The predicted octanol–water partition coefficient (Wildman–Crippen LogP) is 3.56. The fraction of sp³-hybridized carbons (Fsp3) is 0.385. The highest BCUT2D eigenvalue weighted by Gasteiger charge is 2.45. The van der Waals surface area contributed by atoms with Crippen molar-refractivity contribution in [2.75, 3.05) is 36.0 Å². The quantitative estimate of drug-likeness (QED) is 0.0253. The Morgan fingerprint density at radius 2 is 1.47 bits per heavy atom. The summed E-state index contributed by atoms with van der Waals surface area (Å²) in [6.45, 7) is 11.5. The van der Waals surface area contributed by atoms with Gasteiger partial charge in [-0.25, -0.2) is 18.4 Å². The average Bonchev–Trinajstić information content (AvgIpc) is 4.03. The number of carboxylic acids is 2. The third-order valence-electron chi connectivity index (χ3n) is 13.4. The summed E-state index contributed by atoms with van der Waals surface area (Å²) < 4.78 is 90.6. The summed E-state index contributed by atoms with van der Waals surface area (Å²) in [4.78, 5) is 83.1. The van der Waals surface area contributed by atoms with Gasteiger partial charge in [-0.1, -0.05) is 44.6 Å². The summed E-state index contributed by atoms with van der Waals surface area (Å²) in [7, 11) is -13.3. The molecule has 4 heterocycles. The molecule has 2 aliphatic rings. The number of amides is 3. The average molecular weight is 1200 g/mol. The number of nitrogens with two attached hydrogens (primary N) is 1. The summed E-state index contributed by atoms with van der Waals surface area (Å²) in [5.74, 6) is -7.26. The van der Waals surface area contributed by atoms with E-state index in [0.717, 1.165) is 29.8 Å². The number of sulfonamides is 1.